The molecule has 1 aromatic rings. The van der Waals surface area contributed by atoms with Gasteiger partial charge in [0.05, 0.1) is 12.5 Å². The van der Waals surface area contributed by atoms with E-state index < -0.39 is 5.41 Å². The zero-order valence-electron chi connectivity index (χ0n) is 11.6. The molecule has 104 valence electrons. The Morgan fingerprint density at radius 2 is 2.16 bits per heavy atom. The van der Waals surface area contributed by atoms with Gasteiger partial charge in [0.25, 0.3) is 0 Å². The van der Waals surface area contributed by atoms with Gasteiger partial charge >= 0.3 is 5.97 Å². The maximum atomic E-state index is 12.2. The second-order valence-electron chi connectivity index (χ2n) is 5.22. The van der Waals surface area contributed by atoms with E-state index in [1.165, 1.54) is 18.2 Å². The van der Waals surface area contributed by atoms with Crippen LogP contribution in [0.3, 0.4) is 0 Å². The number of rotatable bonds is 4. The maximum absolute atomic E-state index is 12.2. The molecular weight excluding hydrogens is 306 g/mol. The molecule has 0 amide bonds. The predicted molar refractivity (Wildman–Crippen MR) is 79.0 cm³/mol. The van der Waals surface area contributed by atoms with Gasteiger partial charge in [-0.05, 0) is 50.1 Å². The van der Waals surface area contributed by atoms with E-state index >= 15 is 0 Å². The van der Waals surface area contributed by atoms with Crippen molar-refractivity contribution in [2.24, 2.45) is 5.41 Å². The first-order chi connectivity index (χ1) is 9.05. The first-order valence-electron chi connectivity index (χ1n) is 6.57. The molecule has 1 unspecified atom stereocenters. The number of benzene rings is 1. The second kappa shape index (κ2) is 5.63. The molecule has 3 nitrogen and oxygen atoms in total. The lowest BCUT2D eigenvalue weighted by Crippen LogP contribution is -2.48. The average molecular weight is 326 g/mol. The van der Waals surface area contributed by atoms with Crippen molar-refractivity contribution >= 4 is 21.9 Å². The fraction of sp³-hybridized carbons (Fsp3) is 0.533. The molecule has 19 heavy (non-hydrogen) atoms. The van der Waals surface area contributed by atoms with Crippen LogP contribution in [0.15, 0.2) is 22.7 Å². The molecule has 1 fully saturated rings. The van der Waals surface area contributed by atoms with Gasteiger partial charge in [0.1, 0.15) is 0 Å². The number of aryl methyl sites for hydroxylation is 1. The van der Waals surface area contributed by atoms with E-state index in [1.54, 1.807) is 0 Å². The third-order valence-corrected chi connectivity index (χ3v) is 4.72. The number of nitrogens with one attached hydrogen (secondary N) is 1. The normalized spacial score (nSPS) is 18.5. The molecule has 1 saturated carbocycles. The van der Waals surface area contributed by atoms with E-state index in [9.17, 15) is 4.79 Å². The topological polar surface area (TPSA) is 38.3 Å². The molecule has 0 aliphatic heterocycles. The fourth-order valence-electron chi connectivity index (χ4n) is 3.02. The van der Waals surface area contributed by atoms with E-state index in [4.69, 9.17) is 4.74 Å². The highest BCUT2D eigenvalue weighted by Crippen LogP contribution is 2.51. The first-order valence-corrected chi connectivity index (χ1v) is 7.36. The highest BCUT2D eigenvalue weighted by atomic mass is 79.9. The number of esters is 1. The summed E-state index contributed by atoms with van der Waals surface area (Å²) in [7, 11) is 3.39. The van der Waals surface area contributed by atoms with Crippen molar-refractivity contribution in [3.63, 3.8) is 0 Å². The van der Waals surface area contributed by atoms with Crippen LogP contribution < -0.4 is 5.32 Å². The Labute approximate surface area is 122 Å². The van der Waals surface area contributed by atoms with Crippen LogP contribution in [0.5, 0.6) is 0 Å². The summed E-state index contributed by atoms with van der Waals surface area (Å²) < 4.78 is 6.08. The summed E-state index contributed by atoms with van der Waals surface area (Å²) >= 11 is 3.51. The summed E-state index contributed by atoms with van der Waals surface area (Å²) in [5, 5.41) is 3.32. The molecule has 0 radical (unpaired) electrons. The minimum atomic E-state index is -0.408. The molecule has 1 aromatic carbocycles. The summed E-state index contributed by atoms with van der Waals surface area (Å²) in [6.45, 7) is 2.08. The Balaban J connectivity index is 2.44. The minimum absolute atomic E-state index is 0.00574. The molecule has 0 heterocycles. The first kappa shape index (κ1) is 14.5. The smallest absolute Gasteiger partial charge is 0.313 e. The third kappa shape index (κ3) is 2.43. The Morgan fingerprint density at radius 3 is 2.63 bits per heavy atom. The number of methoxy groups -OCH3 is 1. The molecule has 0 aromatic heterocycles. The molecule has 1 aliphatic rings. The second-order valence-corrected chi connectivity index (χ2v) is 6.14. The van der Waals surface area contributed by atoms with Gasteiger partial charge in [-0.2, -0.15) is 0 Å². The molecule has 2 rings (SSSR count). The van der Waals surface area contributed by atoms with Gasteiger partial charge in [0.2, 0.25) is 0 Å². The number of carbonyl (C=O) groups is 1. The Bertz CT molecular complexity index is 483. The van der Waals surface area contributed by atoms with Gasteiger partial charge in [-0.1, -0.05) is 28.4 Å². The molecule has 0 spiro atoms. The minimum Gasteiger partial charge on any atom is -0.469 e. The number of hydrogen-bond acceptors (Lipinski definition) is 3. The lowest BCUT2D eigenvalue weighted by atomic mass is 9.62. The molecule has 1 N–H and O–H groups in total. The quantitative estimate of drug-likeness (QED) is 0.862. The number of hydrogen-bond donors (Lipinski definition) is 1. The molecule has 1 aliphatic carbocycles. The standard InChI is InChI=1S/C15H20BrNO2/c1-10-5-6-11(16)9-12(10)13(17-2)15(7-4-8-15)14(18)19-3/h5-6,9,13,17H,4,7-8H2,1-3H3. The summed E-state index contributed by atoms with van der Waals surface area (Å²) in [6, 6.07) is 6.20. The number of carbonyl (C=O) groups excluding carboxylic acids is 1. The summed E-state index contributed by atoms with van der Waals surface area (Å²) in [6.07, 6.45) is 2.86. The lowest BCUT2D eigenvalue weighted by molar-refractivity contribution is -0.161. The fourth-order valence-corrected chi connectivity index (χ4v) is 3.40. The zero-order valence-corrected chi connectivity index (χ0v) is 13.2. The van der Waals surface area contributed by atoms with Gasteiger partial charge in [0.15, 0.2) is 0 Å². The predicted octanol–water partition coefficient (Wildman–Crippen LogP) is 3.36. The van der Waals surface area contributed by atoms with Crippen LogP contribution in [0.1, 0.15) is 36.4 Å². The third-order valence-electron chi connectivity index (χ3n) is 4.23. The Morgan fingerprint density at radius 1 is 1.47 bits per heavy atom. The van der Waals surface area contributed by atoms with Gasteiger partial charge in [-0.25, -0.2) is 0 Å². The van der Waals surface area contributed by atoms with E-state index in [2.05, 4.69) is 40.3 Å². The largest absolute Gasteiger partial charge is 0.469 e. The van der Waals surface area contributed by atoms with E-state index in [-0.39, 0.29) is 12.0 Å². The Kier molecular flexibility index (Phi) is 4.31. The molecule has 0 saturated heterocycles. The van der Waals surface area contributed by atoms with E-state index in [1.807, 2.05) is 13.1 Å². The van der Waals surface area contributed by atoms with Crippen LogP contribution >= 0.6 is 15.9 Å². The van der Waals surface area contributed by atoms with Crippen molar-refractivity contribution in [1.29, 1.82) is 0 Å². The SMILES string of the molecule is CNC(c1cc(Br)ccc1C)C1(C(=O)OC)CCC1. The van der Waals surface area contributed by atoms with E-state index in [0.717, 1.165) is 23.7 Å². The van der Waals surface area contributed by atoms with Crippen molar-refractivity contribution in [1.82, 2.24) is 5.32 Å². The zero-order chi connectivity index (χ0) is 14.0. The molecule has 1 atom stereocenters. The van der Waals surface area contributed by atoms with Crippen molar-refractivity contribution < 1.29 is 9.53 Å². The maximum Gasteiger partial charge on any atom is 0.313 e. The molecular formula is C15H20BrNO2. The number of ether oxygens (including phenoxy) is 1. The molecule has 0 bridgehead atoms. The van der Waals surface area contributed by atoms with Gasteiger partial charge in [0, 0.05) is 10.5 Å². The van der Waals surface area contributed by atoms with Crippen molar-refractivity contribution in [3.8, 4) is 0 Å². The van der Waals surface area contributed by atoms with Gasteiger partial charge in [-0.3, -0.25) is 4.79 Å². The van der Waals surface area contributed by atoms with Crippen LogP contribution in [-0.4, -0.2) is 20.1 Å². The van der Waals surface area contributed by atoms with Gasteiger partial charge < -0.3 is 10.1 Å². The van der Waals surface area contributed by atoms with Crippen molar-refractivity contribution in [3.05, 3.63) is 33.8 Å². The van der Waals surface area contributed by atoms with Crippen LogP contribution in [-0.2, 0) is 9.53 Å². The highest BCUT2D eigenvalue weighted by Gasteiger charge is 2.51. The van der Waals surface area contributed by atoms with Gasteiger partial charge in [-0.15, -0.1) is 0 Å². The summed E-state index contributed by atoms with van der Waals surface area (Å²) in [5.41, 5.74) is 1.95. The van der Waals surface area contributed by atoms with Crippen molar-refractivity contribution in [2.75, 3.05) is 14.2 Å². The highest BCUT2D eigenvalue weighted by molar-refractivity contribution is 9.10. The van der Waals surface area contributed by atoms with Crippen LogP contribution in [0.4, 0.5) is 0 Å². The van der Waals surface area contributed by atoms with Crippen LogP contribution in [0.2, 0.25) is 0 Å². The summed E-state index contributed by atoms with van der Waals surface area (Å²) in [4.78, 5) is 12.2. The monoisotopic (exact) mass is 325 g/mol. The number of halogens is 1. The summed E-state index contributed by atoms with van der Waals surface area (Å²) in [5.74, 6) is -0.0996. The average Bonchev–Trinajstić information content (AvgIpc) is 2.36. The van der Waals surface area contributed by atoms with Crippen molar-refractivity contribution in [2.45, 2.75) is 32.2 Å². The van der Waals surface area contributed by atoms with Crippen LogP contribution in [0, 0.1) is 12.3 Å². The lowest BCUT2D eigenvalue weighted by Gasteiger charge is -2.45. The van der Waals surface area contributed by atoms with Crippen LogP contribution in [0.25, 0.3) is 0 Å². The Hall–Kier alpha value is -0.870. The molecule has 4 heteroatoms. The van der Waals surface area contributed by atoms with E-state index in [0.29, 0.717) is 0 Å².